The quantitative estimate of drug-likeness (QED) is 0.861. The van der Waals surface area contributed by atoms with Gasteiger partial charge in [-0.2, -0.15) is 0 Å². The van der Waals surface area contributed by atoms with Crippen molar-refractivity contribution in [2.45, 2.75) is 45.6 Å². The first-order valence-corrected chi connectivity index (χ1v) is 6.69. The molecule has 2 atom stereocenters. The molecule has 0 saturated heterocycles. The van der Waals surface area contributed by atoms with E-state index in [2.05, 4.69) is 19.2 Å². The number of carbonyl (C=O) groups excluding carboxylic acids is 1. The fourth-order valence-corrected chi connectivity index (χ4v) is 2.59. The maximum absolute atomic E-state index is 11.9. The lowest BCUT2D eigenvalue weighted by molar-refractivity contribution is -0.117. The Morgan fingerprint density at radius 3 is 2.72 bits per heavy atom. The second-order valence-corrected chi connectivity index (χ2v) is 5.41. The molecule has 18 heavy (non-hydrogen) atoms. The number of hydrogen-bond donors (Lipinski definition) is 2. The Morgan fingerprint density at radius 1 is 1.33 bits per heavy atom. The van der Waals surface area contributed by atoms with Crippen LogP contribution in [-0.4, -0.2) is 11.9 Å². The van der Waals surface area contributed by atoms with E-state index in [0.29, 0.717) is 12.3 Å². The van der Waals surface area contributed by atoms with Crippen molar-refractivity contribution in [1.82, 2.24) is 0 Å². The topological polar surface area (TPSA) is 55.1 Å². The molecule has 0 spiro atoms. The second-order valence-electron chi connectivity index (χ2n) is 5.41. The van der Waals surface area contributed by atoms with E-state index in [4.69, 9.17) is 5.73 Å². The van der Waals surface area contributed by atoms with Crippen molar-refractivity contribution in [3.05, 3.63) is 29.3 Å². The van der Waals surface area contributed by atoms with Crippen molar-refractivity contribution >= 4 is 11.6 Å². The first kappa shape index (κ1) is 13.1. The maximum Gasteiger partial charge on any atom is 0.224 e. The Labute approximate surface area is 109 Å². The summed E-state index contributed by atoms with van der Waals surface area (Å²) in [5, 5.41) is 2.96. The largest absolute Gasteiger partial charge is 0.327 e. The van der Waals surface area contributed by atoms with E-state index in [-0.39, 0.29) is 11.9 Å². The third-order valence-electron chi connectivity index (χ3n) is 3.96. The van der Waals surface area contributed by atoms with Gasteiger partial charge in [0, 0.05) is 18.2 Å². The second kappa shape index (κ2) is 5.53. The number of benzene rings is 1. The maximum atomic E-state index is 11.9. The Bertz CT molecular complexity index is 442. The molecule has 1 saturated carbocycles. The van der Waals surface area contributed by atoms with Gasteiger partial charge in [-0.25, -0.2) is 0 Å². The highest BCUT2D eigenvalue weighted by Gasteiger charge is 2.25. The van der Waals surface area contributed by atoms with Crippen molar-refractivity contribution in [1.29, 1.82) is 0 Å². The molecule has 3 heteroatoms. The van der Waals surface area contributed by atoms with Crippen LogP contribution in [0.3, 0.4) is 0 Å². The lowest BCUT2D eigenvalue weighted by Crippen LogP contribution is -2.28. The van der Waals surface area contributed by atoms with Crippen LogP contribution in [0.4, 0.5) is 5.69 Å². The molecule has 1 amide bonds. The summed E-state index contributed by atoms with van der Waals surface area (Å²) in [7, 11) is 0. The van der Waals surface area contributed by atoms with E-state index < -0.39 is 0 Å². The lowest BCUT2D eigenvalue weighted by Gasteiger charge is -2.15. The molecule has 1 fully saturated rings. The third-order valence-corrected chi connectivity index (χ3v) is 3.96. The average molecular weight is 246 g/mol. The number of amides is 1. The monoisotopic (exact) mass is 246 g/mol. The van der Waals surface area contributed by atoms with Crippen molar-refractivity contribution in [2.75, 3.05) is 5.32 Å². The van der Waals surface area contributed by atoms with Gasteiger partial charge in [-0.3, -0.25) is 4.79 Å². The number of aryl methyl sites for hydroxylation is 2. The van der Waals surface area contributed by atoms with Crippen molar-refractivity contribution in [3.8, 4) is 0 Å². The first-order chi connectivity index (χ1) is 8.56. The van der Waals surface area contributed by atoms with Crippen LogP contribution in [0.15, 0.2) is 18.2 Å². The van der Waals surface area contributed by atoms with Crippen molar-refractivity contribution < 1.29 is 4.79 Å². The van der Waals surface area contributed by atoms with E-state index >= 15 is 0 Å². The minimum atomic E-state index is 0.0839. The van der Waals surface area contributed by atoms with Gasteiger partial charge in [-0.1, -0.05) is 12.5 Å². The summed E-state index contributed by atoms with van der Waals surface area (Å²) >= 11 is 0. The zero-order chi connectivity index (χ0) is 13.1. The number of nitrogens with one attached hydrogen (secondary N) is 1. The van der Waals surface area contributed by atoms with E-state index in [1.807, 2.05) is 18.2 Å². The fourth-order valence-electron chi connectivity index (χ4n) is 2.59. The van der Waals surface area contributed by atoms with Crippen LogP contribution >= 0.6 is 0 Å². The Morgan fingerprint density at radius 2 is 2.11 bits per heavy atom. The summed E-state index contributed by atoms with van der Waals surface area (Å²) in [4.78, 5) is 11.9. The molecular weight excluding hydrogens is 224 g/mol. The molecule has 0 aliphatic heterocycles. The SMILES string of the molecule is Cc1ccc(NC(=O)C[C@@H]2CCC[C@H]2N)cc1C. The van der Waals surface area contributed by atoms with Gasteiger partial charge < -0.3 is 11.1 Å². The third kappa shape index (κ3) is 3.10. The zero-order valence-corrected chi connectivity index (χ0v) is 11.2. The highest BCUT2D eigenvalue weighted by atomic mass is 16.1. The van der Waals surface area contributed by atoms with E-state index in [1.165, 1.54) is 11.1 Å². The number of rotatable bonds is 3. The van der Waals surface area contributed by atoms with Crippen LogP contribution in [0.1, 0.15) is 36.8 Å². The molecule has 0 unspecified atom stereocenters. The Hall–Kier alpha value is -1.35. The van der Waals surface area contributed by atoms with Gasteiger partial charge >= 0.3 is 0 Å². The lowest BCUT2D eigenvalue weighted by atomic mass is 10.00. The summed E-state index contributed by atoms with van der Waals surface area (Å²) in [6.45, 7) is 4.12. The predicted octanol–water partition coefficient (Wildman–Crippen LogP) is 2.76. The van der Waals surface area contributed by atoms with Crippen LogP contribution in [0.5, 0.6) is 0 Å². The minimum absolute atomic E-state index is 0.0839. The van der Waals surface area contributed by atoms with Gasteiger partial charge in [-0.05, 0) is 55.9 Å². The van der Waals surface area contributed by atoms with Gasteiger partial charge in [0.05, 0.1) is 0 Å². The van der Waals surface area contributed by atoms with Gasteiger partial charge in [0.15, 0.2) is 0 Å². The predicted molar refractivity (Wildman–Crippen MR) is 74.5 cm³/mol. The van der Waals surface area contributed by atoms with E-state index in [0.717, 1.165) is 24.9 Å². The van der Waals surface area contributed by atoms with Crippen LogP contribution < -0.4 is 11.1 Å². The summed E-state index contributed by atoms with van der Waals surface area (Å²) in [6.07, 6.45) is 3.85. The molecule has 1 aliphatic carbocycles. The molecule has 0 heterocycles. The average Bonchev–Trinajstić information content (AvgIpc) is 2.70. The highest BCUT2D eigenvalue weighted by molar-refractivity contribution is 5.91. The number of hydrogen-bond acceptors (Lipinski definition) is 2. The normalized spacial score (nSPS) is 23.1. The molecule has 98 valence electrons. The van der Waals surface area contributed by atoms with Crippen LogP contribution in [-0.2, 0) is 4.79 Å². The Kier molecular flexibility index (Phi) is 4.02. The Balaban J connectivity index is 1.92. The number of anilines is 1. The molecule has 1 aliphatic rings. The molecule has 0 bridgehead atoms. The molecule has 1 aromatic rings. The smallest absolute Gasteiger partial charge is 0.224 e. The molecule has 1 aromatic carbocycles. The molecule has 3 N–H and O–H groups in total. The first-order valence-electron chi connectivity index (χ1n) is 6.69. The van der Waals surface area contributed by atoms with Crippen LogP contribution in [0.2, 0.25) is 0 Å². The summed E-state index contributed by atoms with van der Waals surface area (Å²) < 4.78 is 0. The minimum Gasteiger partial charge on any atom is -0.327 e. The molecule has 0 radical (unpaired) electrons. The van der Waals surface area contributed by atoms with Gasteiger partial charge in [-0.15, -0.1) is 0 Å². The summed E-state index contributed by atoms with van der Waals surface area (Å²) in [5.74, 6) is 0.442. The van der Waals surface area contributed by atoms with Gasteiger partial charge in [0.2, 0.25) is 5.91 Å². The molecule has 2 rings (SSSR count). The number of carbonyl (C=O) groups is 1. The molecular formula is C15H22N2O. The summed E-state index contributed by atoms with van der Waals surface area (Å²) in [6, 6.07) is 6.21. The van der Waals surface area contributed by atoms with E-state index in [1.54, 1.807) is 0 Å². The van der Waals surface area contributed by atoms with E-state index in [9.17, 15) is 4.79 Å². The molecule has 0 aromatic heterocycles. The van der Waals surface area contributed by atoms with Crippen LogP contribution in [0.25, 0.3) is 0 Å². The summed E-state index contributed by atoms with van der Waals surface area (Å²) in [5.41, 5.74) is 9.31. The fraction of sp³-hybridized carbons (Fsp3) is 0.533. The van der Waals surface area contributed by atoms with Crippen LogP contribution in [0, 0.1) is 19.8 Å². The van der Waals surface area contributed by atoms with Gasteiger partial charge in [0.25, 0.3) is 0 Å². The van der Waals surface area contributed by atoms with Crippen molar-refractivity contribution in [2.24, 2.45) is 11.7 Å². The van der Waals surface area contributed by atoms with Crippen molar-refractivity contribution in [3.63, 3.8) is 0 Å². The standard InChI is InChI=1S/C15H22N2O/c1-10-6-7-13(8-11(10)2)17-15(18)9-12-4-3-5-14(12)16/h6-8,12,14H,3-5,9,16H2,1-2H3,(H,17,18)/t12-,14+/m0/s1. The number of nitrogens with two attached hydrogens (primary N) is 1. The molecule has 3 nitrogen and oxygen atoms in total. The van der Waals surface area contributed by atoms with Gasteiger partial charge in [0.1, 0.15) is 0 Å². The highest BCUT2D eigenvalue weighted by Crippen LogP contribution is 2.27. The zero-order valence-electron chi connectivity index (χ0n) is 11.2.